The summed E-state index contributed by atoms with van der Waals surface area (Å²) in [6.07, 6.45) is 0. The van der Waals surface area contributed by atoms with Gasteiger partial charge in [0.2, 0.25) is 10.1 Å². The van der Waals surface area contributed by atoms with E-state index >= 15 is 0 Å². The monoisotopic (exact) mass is 472 g/mol. The van der Waals surface area contributed by atoms with Crippen molar-refractivity contribution in [3.05, 3.63) is 69.4 Å². The summed E-state index contributed by atoms with van der Waals surface area (Å²) in [4.78, 5) is 12.3. The third-order valence-corrected chi connectivity index (χ3v) is 7.33. The first kappa shape index (κ1) is 21.3. The lowest BCUT2D eigenvalue weighted by molar-refractivity contribution is 0.102. The van der Waals surface area contributed by atoms with Crippen molar-refractivity contribution in [2.45, 2.75) is 23.9 Å². The van der Waals surface area contributed by atoms with Crippen molar-refractivity contribution in [1.29, 1.82) is 0 Å². The summed E-state index contributed by atoms with van der Waals surface area (Å²) in [5.41, 5.74) is 3.91. The standard InChI is InChI=1S/C20H17FN6OS3/c1-11-3-6-15(9-12(11)2)23-19-26-27-20(31-19)29-10-16-24-25-18(30-16)17(28)22-14-7-4-13(21)5-8-14/h3-9H,10H2,1-2H3,(H,22,28)(H,23,26). The Labute approximate surface area is 190 Å². The number of halogens is 1. The van der Waals surface area contributed by atoms with E-state index in [-0.39, 0.29) is 16.7 Å². The fraction of sp³-hybridized carbons (Fsp3) is 0.150. The van der Waals surface area contributed by atoms with Gasteiger partial charge in [0.25, 0.3) is 5.91 Å². The molecule has 158 valence electrons. The van der Waals surface area contributed by atoms with Gasteiger partial charge >= 0.3 is 0 Å². The number of rotatable bonds is 7. The molecule has 4 rings (SSSR count). The van der Waals surface area contributed by atoms with E-state index in [0.29, 0.717) is 21.6 Å². The Morgan fingerprint density at radius 1 is 0.968 bits per heavy atom. The van der Waals surface area contributed by atoms with E-state index in [4.69, 9.17) is 0 Å². The van der Waals surface area contributed by atoms with E-state index in [1.807, 2.05) is 6.07 Å². The van der Waals surface area contributed by atoms with Gasteiger partial charge in [-0.1, -0.05) is 40.5 Å². The first-order valence-electron chi connectivity index (χ1n) is 9.16. The number of nitrogens with one attached hydrogen (secondary N) is 2. The number of thioether (sulfide) groups is 1. The fourth-order valence-electron chi connectivity index (χ4n) is 2.51. The lowest BCUT2D eigenvalue weighted by Crippen LogP contribution is -2.11. The van der Waals surface area contributed by atoms with Crippen LogP contribution in [0.15, 0.2) is 46.8 Å². The molecule has 0 spiro atoms. The van der Waals surface area contributed by atoms with Crippen molar-refractivity contribution < 1.29 is 9.18 Å². The average Bonchev–Trinajstić information content (AvgIpc) is 3.40. The number of carbonyl (C=O) groups excluding carboxylic acids is 1. The second-order valence-corrected chi connectivity index (χ2v) is 9.81. The molecule has 0 atom stereocenters. The Balaban J connectivity index is 1.32. The molecule has 2 aromatic carbocycles. The molecule has 0 aliphatic heterocycles. The van der Waals surface area contributed by atoms with Gasteiger partial charge in [-0.2, -0.15) is 0 Å². The van der Waals surface area contributed by atoms with Gasteiger partial charge in [0.1, 0.15) is 10.8 Å². The van der Waals surface area contributed by atoms with E-state index in [0.717, 1.165) is 10.0 Å². The molecule has 0 aliphatic carbocycles. The van der Waals surface area contributed by atoms with E-state index in [9.17, 15) is 9.18 Å². The minimum absolute atomic E-state index is 0.245. The zero-order chi connectivity index (χ0) is 21.8. The third kappa shape index (κ3) is 5.63. The van der Waals surface area contributed by atoms with Gasteiger partial charge in [0.15, 0.2) is 4.34 Å². The molecule has 0 aliphatic rings. The predicted octanol–water partition coefficient (Wildman–Crippen LogP) is 5.43. The van der Waals surface area contributed by atoms with Crippen LogP contribution in [0.3, 0.4) is 0 Å². The summed E-state index contributed by atoms with van der Waals surface area (Å²) < 4.78 is 13.8. The molecule has 0 bridgehead atoms. The number of aromatic nitrogens is 4. The molecule has 0 unspecified atom stereocenters. The number of aryl methyl sites for hydroxylation is 2. The highest BCUT2D eigenvalue weighted by Gasteiger charge is 2.14. The number of carbonyl (C=O) groups is 1. The van der Waals surface area contributed by atoms with Crippen LogP contribution in [-0.2, 0) is 5.75 Å². The highest BCUT2D eigenvalue weighted by atomic mass is 32.2. The number of hydrogen-bond acceptors (Lipinski definition) is 9. The van der Waals surface area contributed by atoms with E-state index in [2.05, 4.69) is 57.0 Å². The lowest BCUT2D eigenvalue weighted by Gasteiger charge is -2.05. The minimum Gasteiger partial charge on any atom is -0.330 e. The van der Waals surface area contributed by atoms with Gasteiger partial charge in [-0.15, -0.1) is 20.4 Å². The maximum atomic E-state index is 13.0. The Morgan fingerprint density at radius 3 is 2.52 bits per heavy atom. The van der Waals surface area contributed by atoms with Gasteiger partial charge < -0.3 is 10.6 Å². The molecular formula is C20H17FN6OS3. The summed E-state index contributed by atoms with van der Waals surface area (Å²) in [7, 11) is 0. The molecule has 4 aromatic rings. The molecule has 7 nitrogen and oxygen atoms in total. The SMILES string of the molecule is Cc1ccc(Nc2nnc(SCc3nnc(C(=O)Nc4ccc(F)cc4)s3)s2)cc1C. The molecule has 2 aromatic heterocycles. The van der Waals surface area contributed by atoms with Crippen LogP contribution >= 0.6 is 34.4 Å². The normalized spacial score (nSPS) is 10.8. The van der Waals surface area contributed by atoms with Crippen LogP contribution in [0, 0.1) is 19.7 Å². The molecule has 2 heterocycles. The van der Waals surface area contributed by atoms with Gasteiger partial charge in [0.05, 0.1) is 5.75 Å². The summed E-state index contributed by atoms with van der Waals surface area (Å²) in [6.45, 7) is 4.14. The molecule has 1 amide bonds. The predicted molar refractivity (Wildman–Crippen MR) is 123 cm³/mol. The van der Waals surface area contributed by atoms with Gasteiger partial charge in [0, 0.05) is 11.4 Å². The Kier molecular flexibility index (Phi) is 6.54. The van der Waals surface area contributed by atoms with Crippen LogP contribution in [0.2, 0.25) is 0 Å². The molecule has 0 saturated heterocycles. The first-order valence-corrected chi connectivity index (χ1v) is 11.8. The van der Waals surface area contributed by atoms with Crippen molar-refractivity contribution in [2.24, 2.45) is 0 Å². The summed E-state index contributed by atoms with van der Waals surface area (Å²) in [5, 5.41) is 24.0. The van der Waals surface area contributed by atoms with Crippen LogP contribution in [0.5, 0.6) is 0 Å². The molecule has 0 fully saturated rings. The second kappa shape index (κ2) is 9.50. The van der Waals surface area contributed by atoms with Crippen molar-refractivity contribution in [1.82, 2.24) is 20.4 Å². The van der Waals surface area contributed by atoms with E-state index < -0.39 is 0 Å². The van der Waals surface area contributed by atoms with Crippen LogP contribution in [-0.4, -0.2) is 26.3 Å². The maximum Gasteiger partial charge on any atom is 0.286 e. The zero-order valence-electron chi connectivity index (χ0n) is 16.5. The number of anilines is 3. The fourth-order valence-corrected chi connectivity index (χ4v) is 5.00. The van der Waals surface area contributed by atoms with Gasteiger partial charge in [-0.3, -0.25) is 4.79 Å². The van der Waals surface area contributed by atoms with Crippen LogP contribution < -0.4 is 10.6 Å². The molecule has 0 radical (unpaired) electrons. The second-order valence-electron chi connectivity index (χ2n) is 6.55. The third-order valence-electron chi connectivity index (χ3n) is 4.25. The van der Waals surface area contributed by atoms with Gasteiger partial charge in [-0.05, 0) is 61.4 Å². The van der Waals surface area contributed by atoms with E-state index in [1.165, 1.54) is 69.8 Å². The molecular weight excluding hydrogens is 455 g/mol. The molecule has 31 heavy (non-hydrogen) atoms. The number of nitrogens with zero attached hydrogens (tertiary/aromatic N) is 4. The minimum atomic E-state index is -0.379. The summed E-state index contributed by atoms with van der Waals surface area (Å²) >= 11 is 4.14. The average molecular weight is 473 g/mol. The van der Waals surface area contributed by atoms with Crippen LogP contribution in [0.4, 0.5) is 20.9 Å². The maximum absolute atomic E-state index is 13.0. The highest BCUT2D eigenvalue weighted by Crippen LogP contribution is 2.31. The first-order chi connectivity index (χ1) is 15.0. The number of hydrogen-bond donors (Lipinski definition) is 2. The Bertz CT molecular complexity index is 1210. The quantitative estimate of drug-likeness (QED) is 0.346. The van der Waals surface area contributed by atoms with Gasteiger partial charge in [-0.25, -0.2) is 4.39 Å². The van der Waals surface area contributed by atoms with Crippen molar-refractivity contribution >= 4 is 56.8 Å². The van der Waals surface area contributed by atoms with Crippen LogP contribution in [0.25, 0.3) is 0 Å². The van der Waals surface area contributed by atoms with Crippen LogP contribution in [0.1, 0.15) is 25.9 Å². The largest absolute Gasteiger partial charge is 0.330 e. The lowest BCUT2D eigenvalue weighted by atomic mass is 10.1. The molecule has 11 heteroatoms. The molecule has 2 N–H and O–H groups in total. The van der Waals surface area contributed by atoms with Crippen molar-refractivity contribution in [2.75, 3.05) is 10.6 Å². The number of benzene rings is 2. The van der Waals surface area contributed by atoms with Crippen molar-refractivity contribution in [3.8, 4) is 0 Å². The van der Waals surface area contributed by atoms with Crippen molar-refractivity contribution in [3.63, 3.8) is 0 Å². The Hall–Kier alpha value is -2.89. The zero-order valence-corrected chi connectivity index (χ0v) is 19.0. The smallest absolute Gasteiger partial charge is 0.286 e. The summed E-state index contributed by atoms with van der Waals surface area (Å²) in [6, 6.07) is 11.7. The van der Waals surface area contributed by atoms with E-state index in [1.54, 1.807) is 0 Å². The Morgan fingerprint density at radius 2 is 1.74 bits per heavy atom. The number of amides is 1. The highest BCUT2D eigenvalue weighted by molar-refractivity contribution is 8.00. The topological polar surface area (TPSA) is 92.7 Å². The molecule has 0 saturated carbocycles. The summed E-state index contributed by atoms with van der Waals surface area (Å²) in [5.74, 6) is -0.215.